The summed E-state index contributed by atoms with van der Waals surface area (Å²) in [5.74, 6) is 0.602. The van der Waals surface area contributed by atoms with E-state index in [4.69, 9.17) is 9.47 Å². The zero-order chi connectivity index (χ0) is 28.3. The van der Waals surface area contributed by atoms with E-state index < -0.39 is 6.04 Å². The molecular formula is C33H40N2O5. The van der Waals surface area contributed by atoms with Gasteiger partial charge in [-0.1, -0.05) is 67.4 Å². The van der Waals surface area contributed by atoms with E-state index in [-0.39, 0.29) is 30.3 Å². The van der Waals surface area contributed by atoms with Crippen LogP contribution in [0.3, 0.4) is 0 Å². The Kier molecular flexibility index (Phi) is 10.7. The second-order valence-electron chi connectivity index (χ2n) is 10.3. The molecule has 1 aliphatic carbocycles. The molecule has 0 aromatic heterocycles. The molecule has 212 valence electrons. The van der Waals surface area contributed by atoms with Crippen molar-refractivity contribution < 1.29 is 24.2 Å². The summed E-state index contributed by atoms with van der Waals surface area (Å²) in [6, 6.07) is 24.6. The van der Waals surface area contributed by atoms with Gasteiger partial charge in [0.05, 0.1) is 26.4 Å². The molecule has 40 heavy (non-hydrogen) atoms. The van der Waals surface area contributed by atoms with Gasteiger partial charge in [-0.3, -0.25) is 9.59 Å². The average molecular weight is 545 g/mol. The topological polar surface area (TPSA) is 88.1 Å². The Balaban J connectivity index is 1.45. The lowest BCUT2D eigenvalue weighted by atomic mass is 9.74. The zero-order valence-corrected chi connectivity index (χ0v) is 23.4. The summed E-state index contributed by atoms with van der Waals surface area (Å²) in [5.41, 5.74) is 3.65. The molecule has 2 amide bonds. The van der Waals surface area contributed by atoms with E-state index in [0.717, 1.165) is 42.4 Å². The summed E-state index contributed by atoms with van der Waals surface area (Å²) in [6.07, 6.45) is 3.87. The van der Waals surface area contributed by atoms with E-state index >= 15 is 0 Å². The quantitative estimate of drug-likeness (QED) is 0.331. The molecule has 7 heteroatoms. The summed E-state index contributed by atoms with van der Waals surface area (Å²) in [6.45, 7) is 1.23. The lowest BCUT2D eigenvalue weighted by Crippen LogP contribution is -2.39. The molecule has 3 aromatic rings. The molecule has 0 saturated heterocycles. The van der Waals surface area contributed by atoms with Crippen molar-refractivity contribution in [3.8, 4) is 5.75 Å². The second kappa shape index (κ2) is 14.6. The van der Waals surface area contributed by atoms with E-state index in [2.05, 4.69) is 29.6 Å². The first-order valence-electron chi connectivity index (χ1n) is 14.0. The van der Waals surface area contributed by atoms with Crippen LogP contribution in [0.15, 0.2) is 78.9 Å². The van der Waals surface area contributed by atoms with Gasteiger partial charge in [0.2, 0.25) is 5.91 Å². The number of benzene rings is 3. The van der Waals surface area contributed by atoms with Crippen molar-refractivity contribution in [3.63, 3.8) is 0 Å². The number of nitrogens with one attached hydrogen (secondary N) is 1. The van der Waals surface area contributed by atoms with E-state index in [0.29, 0.717) is 31.0 Å². The number of hydrogen-bond acceptors (Lipinski definition) is 5. The van der Waals surface area contributed by atoms with Crippen LogP contribution in [-0.2, 0) is 16.1 Å². The highest BCUT2D eigenvalue weighted by Gasteiger charge is 2.33. The third-order valence-corrected chi connectivity index (χ3v) is 7.77. The maximum Gasteiger partial charge on any atom is 0.254 e. The summed E-state index contributed by atoms with van der Waals surface area (Å²) in [7, 11) is 3.23. The van der Waals surface area contributed by atoms with Gasteiger partial charge in [-0.25, -0.2) is 0 Å². The smallest absolute Gasteiger partial charge is 0.254 e. The van der Waals surface area contributed by atoms with Crippen molar-refractivity contribution in [2.24, 2.45) is 5.92 Å². The Bertz CT molecular complexity index is 1210. The summed E-state index contributed by atoms with van der Waals surface area (Å²) < 4.78 is 10.5. The van der Waals surface area contributed by atoms with Crippen LogP contribution in [0, 0.1) is 5.92 Å². The van der Waals surface area contributed by atoms with Gasteiger partial charge < -0.3 is 24.8 Å². The number of hydrogen-bond donors (Lipinski definition) is 2. The molecule has 7 nitrogen and oxygen atoms in total. The van der Waals surface area contributed by atoms with Crippen LogP contribution in [0.25, 0.3) is 0 Å². The van der Waals surface area contributed by atoms with Crippen LogP contribution in [0.2, 0.25) is 0 Å². The first-order chi connectivity index (χ1) is 19.5. The number of nitrogens with zero attached hydrogens (tertiary/aromatic N) is 1. The van der Waals surface area contributed by atoms with Gasteiger partial charge in [-0.2, -0.15) is 0 Å². The van der Waals surface area contributed by atoms with E-state index in [1.165, 1.54) is 0 Å². The molecule has 0 aliphatic heterocycles. The third-order valence-electron chi connectivity index (χ3n) is 7.77. The van der Waals surface area contributed by atoms with Crippen molar-refractivity contribution >= 4 is 11.8 Å². The number of carbonyl (C=O) groups is 2. The molecule has 0 spiro atoms. The molecule has 1 fully saturated rings. The van der Waals surface area contributed by atoms with Crippen LogP contribution < -0.4 is 10.1 Å². The SMILES string of the molecule is COCCN(Cc1ccc(C2CCCCC2C(=O)NC(CO)c2ccccc2)cc1)C(=O)c1ccc(OC)cc1. The van der Waals surface area contributed by atoms with Crippen LogP contribution in [-0.4, -0.2) is 55.8 Å². The van der Waals surface area contributed by atoms with Gasteiger partial charge in [0, 0.05) is 31.7 Å². The van der Waals surface area contributed by atoms with Crippen molar-refractivity contribution in [1.29, 1.82) is 0 Å². The fraction of sp³-hybridized carbons (Fsp3) is 0.394. The van der Waals surface area contributed by atoms with Gasteiger partial charge >= 0.3 is 0 Å². The number of methoxy groups -OCH3 is 2. The number of carbonyl (C=O) groups excluding carboxylic acids is 2. The predicted molar refractivity (Wildman–Crippen MR) is 155 cm³/mol. The van der Waals surface area contributed by atoms with E-state index in [9.17, 15) is 14.7 Å². The fourth-order valence-electron chi connectivity index (χ4n) is 5.50. The number of rotatable bonds is 12. The average Bonchev–Trinajstić information content (AvgIpc) is 3.02. The largest absolute Gasteiger partial charge is 0.497 e. The lowest BCUT2D eigenvalue weighted by Gasteiger charge is -2.32. The monoisotopic (exact) mass is 544 g/mol. The molecule has 1 saturated carbocycles. The number of aliphatic hydroxyl groups is 1. The fourth-order valence-corrected chi connectivity index (χ4v) is 5.50. The molecular weight excluding hydrogens is 504 g/mol. The van der Waals surface area contributed by atoms with Crippen molar-refractivity contribution in [2.75, 3.05) is 34.0 Å². The molecule has 0 bridgehead atoms. The van der Waals surface area contributed by atoms with Gasteiger partial charge in [0.1, 0.15) is 5.75 Å². The highest BCUT2D eigenvalue weighted by Crippen LogP contribution is 2.38. The molecule has 1 aliphatic rings. The summed E-state index contributed by atoms with van der Waals surface area (Å²) in [5, 5.41) is 13.0. The highest BCUT2D eigenvalue weighted by molar-refractivity contribution is 5.94. The summed E-state index contributed by atoms with van der Waals surface area (Å²) >= 11 is 0. The molecule has 3 aromatic carbocycles. The first-order valence-corrected chi connectivity index (χ1v) is 14.0. The Labute approximate surface area is 237 Å². The lowest BCUT2D eigenvalue weighted by molar-refractivity contribution is -0.127. The molecule has 4 rings (SSSR count). The molecule has 3 atom stereocenters. The van der Waals surface area contributed by atoms with Gasteiger partial charge in [-0.05, 0) is 59.7 Å². The maximum absolute atomic E-state index is 13.4. The van der Waals surface area contributed by atoms with E-state index in [1.807, 2.05) is 30.3 Å². The first kappa shape index (κ1) is 29.3. The van der Waals surface area contributed by atoms with Crippen LogP contribution in [0.4, 0.5) is 0 Å². The number of aliphatic hydroxyl groups excluding tert-OH is 1. The molecule has 3 unspecified atom stereocenters. The standard InChI is InChI=1S/C33H40N2O5/c1-39-21-20-35(33(38)27-16-18-28(40-2)19-17-27)22-24-12-14-25(15-13-24)29-10-6-7-11-30(29)32(37)34-31(23-36)26-8-4-3-5-9-26/h3-5,8-9,12-19,29-31,36H,6-7,10-11,20-23H2,1-2H3,(H,34,37). The minimum Gasteiger partial charge on any atom is -0.497 e. The second-order valence-corrected chi connectivity index (χ2v) is 10.3. The highest BCUT2D eigenvalue weighted by atomic mass is 16.5. The minimum absolute atomic E-state index is 0.00694. The van der Waals surface area contributed by atoms with Crippen LogP contribution in [0.5, 0.6) is 5.75 Å². The third kappa shape index (κ3) is 7.49. The van der Waals surface area contributed by atoms with Crippen molar-refractivity contribution in [1.82, 2.24) is 10.2 Å². The molecule has 0 radical (unpaired) electrons. The van der Waals surface area contributed by atoms with Crippen LogP contribution in [0.1, 0.15) is 64.7 Å². The Morgan fingerprint density at radius 3 is 2.30 bits per heavy atom. The maximum atomic E-state index is 13.4. The minimum atomic E-state index is -0.417. The molecule has 2 N–H and O–H groups in total. The zero-order valence-electron chi connectivity index (χ0n) is 23.4. The van der Waals surface area contributed by atoms with Gasteiger partial charge in [0.25, 0.3) is 5.91 Å². The Morgan fingerprint density at radius 1 is 0.950 bits per heavy atom. The number of ether oxygens (including phenoxy) is 2. The van der Waals surface area contributed by atoms with Gasteiger partial charge in [-0.15, -0.1) is 0 Å². The normalized spacial score (nSPS) is 17.6. The van der Waals surface area contributed by atoms with Crippen molar-refractivity contribution in [2.45, 2.75) is 44.2 Å². The van der Waals surface area contributed by atoms with E-state index in [1.54, 1.807) is 43.4 Å². The summed E-state index contributed by atoms with van der Waals surface area (Å²) in [4.78, 5) is 28.5. The predicted octanol–water partition coefficient (Wildman–Crippen LogP) is 5.11. The van der Waals surface area contributed by atoms with Crippen molar-refractivity contribution in [3.05, 3.63) is 101 Å². The molecule has 0 heterocycles. The Morgan fingerprint density at radius 2 is 1.65 bits per heavy atom. The Hall–Kier alpha value is -3.68. The number of amides is 2. The van der Waals surface area contributed by atoms with Gasteiger partial charge in [0.15, 0.2) is 0 Å². The van der Waals surface area contributed by atoms with Crippen LogP contribution >= 0.6 is 0 Å².